The van der Waals surface area contributed by atoms with E-state index in [1.54, 1.807) is 45.0 Å². The average Bonchev–Trinajstić information content (AvgIpc) is 3.16. The van der Waals surface area contributed by atoms with Gasteiger partial charge in [-0.25, -0.2) is 14.0 Å². The standard InChI is InChI=1S/C24H35FN4O6/c1-24(2,3)35-23(33)28-18-10-7-6-9-16(18)15-34-22(32)27-12-8-4-5-11-20(30)29-14-17(25)13-19(29)21(26)31/h6-7,9-10,17,19H,4-5,8,11-15H2,1-3H3,(H2,26,31)(H,27,32)(H,28,33)/t17-,19-/m0/s1. The van der Waals surface area contributed by atoms with Crippen LogP contribution in [0.3, 0.4) is 0 Å². The maximum Gasteiger partial charge on any atom is 0.412 e. The molecule has 1 aliphatic heterocycles. The van der Waals surface area contributed by atoms with E-state index in [1.807, 2.05) is 0 Å². The van der Waals surface area contributed by atoms with Crippen LogP contribution in [0, 0.1) is 0 Å². The second-order valence-electron chi connectivity index (χ2n) is 9.39. The number of hydrogen-bond donors (Lipinski definition) is 3. The first-order chi connectivity index (χ1) is 16.5. The number of benzene rings is 1. The molecule has 0 aliphatic carbocycles. The Morgan fingerprint density at radius 2 is 1.83 bits per heavy atom. The number of rotatable bonds is 10. The van der Waals surface area contributed by atoms with E-state index in [9.17, 15) is 23.6 Å². The number of alkyl carbamates (subject to hydrolysis) is 1. The number of hydrogen-bond acceptors (Lipinski definition) is 6. The Balaban J connectivity index is 1.65. The Bertz CT molecular complexity index is 904. The number of unbranched alkanes of at least 4 members (excludes halogenated alkanes) is 2. The van der Waals surface area contributed by atoms with Gasteiger partial charge in [0, 0.05) is 24.9 Å². The van der Waals surface area contributed by atoms with Crippen molar-refractivity contribution < 1.29 is 33.0 Å². The highest BCUT2D eigenvalue weighted by Gasteiger charge is 2.38. The molecule has 10 nitrogen and oxygen atoms in total. The minimum Gasteiger partial charge on any atom is -0.445 e. The highest BCUT2D eigenvalue weighted by molar-refractivity contribution is 5.87. The maximum absolute atomic E-state index is 13.5. The van der Waals surface area contributed by atoms with Crippen LogP contribution in [-0.2, 0) is 25.7 Å². The molecule has 1 saturated heterocycles. The van der Waals surface area contributed by atoms with Gasteiger partial charge in [0.1, 0.15) is 24.4 Å². The number of ether oxygens (including phenoxy) is 2. The molecule has 4 N–H and O–H groups in total. The second kappa shape index (κ2) is 12.9. The first kappa shape index (κ1) is 27.9. The summed E-state index contributed by atoms with van der Waals surface area (Å²) in [5.41, 5.74) is 5.70. The van der Waals surface area contributed by atoms with Crippen LogP contribution in [0.25, 0.3) is 0 Å². The Kier molecular flexibility index (Phi) is 10.3. The van der Waals surface area contributed by atoms with Crippen molar-refractivity contribution in [3.05, 3.63) is 29.8 Å². The molecule has 1 heterocycles. The van der Waals surface area contributed by atoms with Crippen molar-refractivity contribution in [1.29, 1.82) is 0 Å². The van der Waals surface area contributed by atoms with Gasteiger partial charge < -0.3 is 25.4 Å². The van der Waals surface area contributed by atoms with Gasteiger partial charge in [0.05, 0.1) is 12.2 Å². The maximum atomic E-state index is 13.5. The SMILES string of the molecule is CC(C)(C)OC(=O)Nc1ccccc1COC(=O)NCCCCCC(=O)N1C[C@@H](F)C[C@H]1C(N)=O. The molecule has 0 radical (unpaired) electrons. The van der Waals surface area contributed by atoms with E-state index in [0.717, 1.165) is 0 Å². The van der Waals surface area contributed by atoms with Crippen LogP contribution in [0.2, 0.25) is 0 Å². The van der Waals surface area contributed by atoms with Crippen LogP contribution in [0.4, 0.5) is 19.7 Å². The number of nitrogens with two attached hydrogens (primary N) is 1. The molecule has 1 aromatic rings. The number of primary amides is 1. The largest absolute Gasteiger partial charge is 0.445 e. The molecule has 0 saturated carbocycles. The van der Waals surface area contributed by atoms with Gasteiger partial charge in [0.2, 0.25) is 11.8 Å². The predicted molar refractivity (Wildman–Crippen MR) is 127 cm³/mol. The lowest BCUT2D eigenvalue weighted by Crippen LogP contribution is -2.43. The normalized spacial score (nSPS) is 17.5. The van der Waals surface area contributed by atoms with Crippen molar-refractivity contribution in [3.8, 4) is 0 Å². The van der Waals surface area contributed by atoms with Crippen molar-refractivity contribution in [2.45, 2.75) is 77.3 Å². The average molecular weight is 495 g/mol. The van der Waals surface area contributed by atoms with Crippen LogP contribution >= 0.6 is 0 Å². The lowest BCUT2D eigenvalue weighted by Gasteiger charge is -2.21. The quantitative estimate of drug-likeness (QED) is 0.427. The van der Waals surface area contributed by atoms with E-state index >= 15 is 0 Å². The zero-order chi connectivity index (χ0) is 26.0. The molecule has 0 unspecified atom stereocenters. The molecular weight excluding hydrogens is 459 g/mol. The third-order valence-electron chi connectivity index (χ3n) is 5.25. The topological polar surface area (TPSA) is 140 Å². The summed E-state index contributed by atoms with van der Waals surface area (Å²) in [5, 5.41) is 5.28. The zero-order valence-corrected chi connectivity index (χ0v) is 20.5. The number of carbonyl (C=O) groups excluding carboxylic acids is 4. The second-order valence-corrected chi connectivity index (χ2v) is 9.39. The fraction of sp³-hybridized carbons (Fsp3) is 0.583. The van der Waals surface area contributed by atoms with Crippen molar-refractivity contribution in [2.75, 3.05) is 18.4 Å². The summed E-state index contributed by atoms with van der Waals surface area (Å²) in [4.78, 5) is 48.9. The summed E-state index contributed by atoms with van der Waals surface area (Å²) in [6.45, 7) is 5.49. The van der Waals surface area contributed by atoms with Gasteiger partial charge in [0.15, 0.2) is 0 Å². The lowest BCUT2D eigenvalue weighted by molar-refractivity contribution is -0.137. The third-order valence-corrected chi connectivity index (χ3v) is 5.25. The van der Waals surface area contributed by atoms with Crippen molar-refractivity contribution in [1.82, 2.24) is 10.2 Å². The number of halogens is 1. The molecule has 194 valence electrons. The summed E-state index contributed by atoms with van der Waals surface area (Å²) in [6.07, 6.45) is -0.496. The molecule has 1 aromatic carbocycles. The smallest absolute Gasteiger partial charge is 0.412 e. The Morgan fingerprint density at radius 3 is 2.51 bits per heavy atom. The Labute approximate surface area is 204 Å². The van der Waals surface area contributed by atoms with Gasteiger partial charge in [-0.05, 0) is 39.7 Å². The van der Waals surface area contributed by atoms with Crippen LogP contribution < -0.4 is 16.4 Å². The molecular formula is C24H35FN4O6. The molecule has 0 aromatic heterocycles. The van der Waals surface area contributed by atoms with E-state index in [-0.39, 0.29) is 31.9 Å². The van der Waals surface area contributed by atoms with Crippen LogP contribution in [0.15, 0.2) is 24.3 Å². The molecule has 0 bridgehead atoms. The fourth-order valence-electron chi connectivity index (χ4n) is 3.62. The van der Waals surface area contributed by atoms with Crippen LogP contribution in [-0.4, -0.2) is 59.8 Å². The third kappa shape index (κ3) is 9.79. The summed E-state index contributed by atoms with van der Waals surface area (Å²) in [6, 6.07) is 6.04. The number of carbonyl (C=O) groups is 4. The zero-order valence-electron chi connectivity index (χ0n) is 20.5. The number of nitrogens with zero attached hydrogens (tertiary/aromatic N) is 1. The predicted octanol–water partition coefficient (Wildman–Crippen LogP) is 3.24. The number of likely N-dealkylation sites (tertiary alicyclic amines) is 1. The van der Waals surface area contributed by atoms with Crippen molar-refractivity contribution in [3.63, 3.8) is 0 Å². The van der Waals surface area contributed by atoms with Crippen molar-refractivity contribution in [2.24, 2.45) is 5.73 Å². The van der Waals surface area contributed by atoms with Crippen LogP contribution in [0.1, 0.15) is 58.4 Å². The first-order valence-electron chi connectivity index (χ1n) is 11.7. The minimum absolute atomic E-state index is 0.0429. The van der Waals surface area contributed by atoms with Gasteiger partial charge >= 0.3 is 12.2 Å². The lowest BCUT2D eigenvalue weighted by atomic mass is 10.1. The number of anilines is 1. The van der Waals surface area contributed by atoms with E-state index in [2.05, 4.69) is 10.6 Å². The van der Waals surface area contributed by atoms with Crippen molar-refractivity contribution >= 4 is 29.7 Å². The van der Waals surface area contributed by atoms with Gasteiger partial charge in [-0.2, -0.15) is 0 Å². The summed E-state index contributed by atoms with van der Waals surface area (Å²) in [5.74, 6) is -0.982. The van der Waals surface area contributed by atoms with E-state index in [4.69, 9.17) is 15.2 Å². The molecule has 1 fully saturated rings. The molecule has 0 spiro atoms. The number of alkyl halides is 1. The molecule has 35 heavy (non-hydrogen) atoms. The van der Waals surface area contributed by atoms with Gasteiger partial charge in [-0.1, -0.05) is 24.6 Å². The van der Waals surface area contributed by atoms with Crippen LogP contribution in [0.5, 0.6) is 0 Å². The first-order valence-corrected chi connectivity index (χ1v) is 11.7. The molecule has 2 atom stereocenters. The number of para-hydroxylation sites is 1. The van der Waals surface area contributed by atoms with Gasteiger partial charge in [-0.15, -0.1) is 0 Å². The number of amides is 4. The van der Waals surface area contributed by atoms with E-state index in [0.29, 0.717) is 37.1 Å². The molecule has 2 rings (SSSR count). The Hall–Kier alpha value is -3.37. The highest BCUT2D eigenvalue weighted by atomic mass is 19.1. The van der Waals surface area contributed by atoms with E-state index < -0.39 is 35.9 Å². The van der Waals surface area contributed by atoms with Gasteiger partial charge in [-0.3, -0.25) is 14.9 Å². The van der Waals surface area contributed by atoms with Gasteiger partial charge in [0.25, 0.3) is 0 Å². The monoisotopic (exact) mass is 494 g/mol. The Morgan fingerprint density at radius 1 is 1.11 bits per heavy atom. The van der Waals surface area contributed by atoms with E-state index in [1.165, 1.54) is 4.90 Å². The molecule has 11 heteroatoms. The minimum atomic E-state index is -1.23. The molecule has 4 amide bonds. The highest BCUT2D eigenvalue weighted by Crippen LogP contribution is 2.22. The number of nitrogens with one attached hydrogen (secondary N) is 2. The summed E-state index contributed by atoms with van der Waals surface area (Å²) in [7, 11) is 0. The summed E-state index contributed by atoms with van der Waals surface area (Å²) >= 11 is 0. The summed E-state index contributed by atoms with van der Waals surface area (Å²) < 4.78 is 24.0. The molecule has 1 aliphatic rings. The fourth-order valence-corrected chi connectivity index (χ4v) is 3.62.